The summed E-state index contributed by atoms with van der Waals surface area (Å²) in [6.07, 6.45) is 3.33. The Morgan fingerprint density at radius 1 is 1.30 bits per heavy atom. The largest absolute Gasteiger partial charge is 0.351 e. The van der Waals surface area contributed by atoms with E-state index in [1.807, 2.05) is 27.9 Å². The third-order valence-corrected chi connectivity index (χ3v) is 5.39. The fraction of sp³-hybridized carbons (Fsp3) is 0.588. The number of fused-ring (bicyclic) bond motifs is 1. The molecule has 23 heavy (non-hydrogen) atoms. The van der Waals surface area contributed by atoms with E-state index in [1.165, 1.54) is 24.2 Å². The van der Waals surface area contributed by atoms with Crippen molar-refractivity contribution in [3.8, 4) is 0 Å². The van der Waals surface area contributed by atoms with Gasteiger partial charge in [-0.05, 0) is 59.3 Å². The number of aromatic nitrogens is 2. The lowest BCUT2D eigenvalue weighted by molar-refractivity contribution is 0.0956. The van der Waals surface area contributed by atoms with Crippen LogP contribution in [0.25, 0.3) is 10.2 Å². The zero-order valence-corrected chi connectivity index (χ0v) is 15.1. The van der Waals surface area contributed by atoms with Crippen molar-refractivity contribution < 1.29 is 4.79 Å². The Balaban J connectivity index is 1.79. The van der Waals surface area contributed by atoms with Crippen LogP contribution in [0.2, 0.25) is 0 Å². The summed E-state index contributed by atoms with van der Waals surface area (Å²) in [5.74, 6) is 1.50. The molecule has 1 N–H and O–H groups in total. The maximum absolute atomic E-state index is 12.5. The SMILES string of the molecule is Cc1nc(C2CC2)nc2sc(C(=O)NCCCN(C)C)c(C)c12. The van der Waals surface area contributed by atoms with E-state index in [2.05, 4.69) is 15.2 Å². The van der Waals surface area contributed by atoms with Gasteiger partial charge in [0.05, 0.1) is 10.6 Å². The zero-order chi connectivity index (χ0) is 16.6. The fourth-order valence-electron chi connectivity index (χ4n) is 2.78. The van der Waals surface area contributed by atoms with Gasteiger partial charge in [-0.1, -0.05) is 0 Å². The van der Waals surface area contributed by atoms with Gasteiger partial charge in [0.1, 0.15) is 10.7 Å². The molecule has 6 heteroatoms. The maximum Gasteiger partial charge on any atom is 0.261 e. The lowest BCUT2D eigenvalue weighted by Gasteiger charge is -2.09. The predicted octanol–water partition coefficient (Wildman–Crippen LogP) is 2.87. The van der Waals surface area contributed by atoms with Gasteiger partial charge in [0.2, 0.25) is 0 Å². The molecule has 0 spiro atoms. The lowest BCUT2D eigenvalue weighted by Crippen LogP contribution is -2.26. The van der Waals surface area contributed by atoms with E-state index in [0.29, 0.717) is 12.5 Å². The number of nitrogens with one attached hydrogen (secondary N) is 1. The summed E-state index contributed by atoms with van der Waals surface area (Å²) in [7, 11) is 4.08. The van der Waals surface area contributed by atoms with Crippen LogP contribution in [0.5, 0.6) is 0 Å². The maximum atomic E-state index is 12.5. The molecule has 0 aromatic carbocycles. The normalized spacial score (nSPS) is 14.7. The van der Waals surface area contributed by atoms with E-state index < -0.39 is 0 Å². The van der Waals surface area contributed by atoms with Crippen molar-refractivity contribution in [2.45, 2.75) is 39.0 Å². The van der Waals surface area contributed by atoms with Gasteiger partial charge in [-0.25, -0.2) is 9.97 Å². The van der Waals surface area contributed by atoms with E-state index in [1.54, 1.807) is 0 Å². The Hall–Kier alpha value is -1.53. The van der Waals surface area contributed by atoms with Crippen LogP contribution in [-0.4, -0.2) is 48.0 Å². The molecule has 124 valence electrons. The summed E-state index contributed by atoms with van der Waals surface area (Å²) < 4.78 is 0. The molecule has 0 aliphatic heterocycles. The minimum absolute atomic E-state index is 0.0108. The molecule has 1 amide bonds. The van der Waals surface area contributed by atoms with Gasteiger partial charge in [0, 0.05) is 17.8 Å². The number of aryl methyl sites for hydroxylation is 2. The number of hydrogen-bond acceptors (Lipinski definition) is 5. The van der Waals surface area contributed by atoms with Gasteiger partial charge in [0.25, 0.3) is 5.91 Å². The molecule has 3 rings (SSSR count). The minimum atomic E-state index is 0.0108. The van der Waals surface area contributed by atoms with Gasteiger partial charge in [-0.15, -0.1) is 11.3 Å². The van der Waals surface area contributed by atoms with Gasteiger partial charge >= 0.3 is 0 Å². The summed E-state index contributed by atoms with van der Waals surface area (Å²) in [5.41, 5.74) is 2.01. The van der Waals surface area contributed by atoms with Crippen molar-refractivity contribution in [1.82, 2.24) is 20.2 Å². The van der Waals surface area contributed by atoms with Crippen molar-refractivity contribution in [2.24, 2.45) is 0 Å². The van der Waals surface area contributed by atoms with E-state index in [0.717, 1.165) is 45.1 Å². The molecular weight excluding hydrogens is 308 g/mol. The Kier molecular flexibility index (Phi) is 4.64. The first-order chi connectivity index (χ1) is 11.0. The Bertz CT molecular complexity index is 734. The summed E-state index contributed by atoms with van der Waals surface area (Å²) in [6.45, 7) is 5.69. The fourth-order valence-corrected chi connectivity index (χ4v) is 3.93. The minimum Gasteiger partial charge on any atom is -0.351 e. The number of nitrogens with zero attached hydrogens (tertiary/aromatic N) is 3. The van der Waals surface area contributed by atoms with Gasteiger partial charge in [-0.3, -0.25) is 4.79 Å². The van der Waals surface area contributed by atoms with E-state index in [-0.39, 0.29) is 5.91 Å². The summed E-state index contributed by atoms with van der Waals surface area (Å²) in [4.78, 5) is 25.7. The molecule has 1 aliphatic rings. The first kappa shape index (κ1) is 16.3. The van der Waals surface area contributed by atoms with Crippen molar-refractivity contribution in [3.05, 3.63) is 22.0 Å². The molecule has 0 saturated heterocycles. The van der Waals surface area contributed by atoms with Crippen molar-refractivity contribution >= 4 is 27.5 Å². The highest BCUT2D eigenvalue weighted by molar-refractivity contribution is 7.20. The number of hydrogen-bond donors (Lipinski definition) is 1. The smallest absolute Gasteiger partial charge is 0.261 e. The third-order valence-electron chi connectivity index (χ3n) is 4.20. The van der Waals surface area contributed by atoms with E-state index in [4.69, 9.17) is 4.98 Å². The van der Waals surface area contributed by atoms with Crippen LogP contribution in [0.1, 0.15) is 51.9 Å². The number of amides is 1. The summed E-state index contributed by atoms with van der Waals surface area (Å²) in [5, 5.41) is 4.08. The lowest BCUT2D eigenvalue weighted by atomic mass is 10.1. The highest BCUT2D eigenvalue weighted by Gasteiger charge is 2.28. The number of rotatable bonds is 6. The van der Waals surface area contributed by atoms with Crippen LogP contribution in [0.4, 0.5) is 0 Å². The monoisotopic (exact) mass is 332 g/mol. The van der Waals surface area contributed by atoms with Crippen molar-refractivity contribution in [1.29, 1.82) is 0 Å². The molecule has 0 bridgehead atoms. The molecular formula is C17H24N4OS. The second-order valence-corrected chi connectivity index (χ2v) is 7.59. The quantitative estimate of drug-likeness (QED) is 0.827. The van der Waals surface area contributed by atoms with Gasteiger partial charge < -0.3 is 10.2 Å². The highest BCUT2D eigenvalue weighted by atomic mass is 32.1. The topological polar surface area (TPSA) is 58.1 Å². The first-order valence-electron chi connectivity index (χ1n) is 8.18. The average Bonchev–Trinajstić information content (AvgIpc) is 3.28. The molecule has 0 atom stereocenters. The average molecular weight is 332 g/mol. The molecule has 5 nitrogen and oxygen atoms in total. The zero-order valence-electron chi connectivity index (χ0n) is 14.3. The molecule has 1 aliphatic carbocycles. The predicted molar refractivity (Wildman–Crippen MR) is 94.4 cm³/mol. The molecule has 2 heterocycles. The molecule has 1 saturated carbocycles. The van der Waals surface area contributed by atoms with Crippen molar-refractivity contribution in [3.63, 3.8) is 0 Å². The second-order valence-electron chi connectivity index (χ2n) is 6.59. The van der Waals surface area contributed by atoms with Gasteiger partial charge in [-0.2, -0.15) is 0 Å². The van der Waals surface area contributed by atoms with Crippen LogP contribution < -0.4 is 5.32 Å². The van der Waals surface area contributed by atoms with E-state index in [9.17, 15) is 4.79 Å². The van der Waals surface area contributed by atoms with Crippen LogP contribution in [0.3, 0.4) is 0 Å². The van der Waals surface area contributed by atoms with Crippen LogP contribution >= 0.6 is 11.3 Å². The standard InChI is InChI=1S/C17H24N4OS/c1-10-13-11(2)19-15(12-6-7-12)20-17(13)23-14(10)16(22)18-8-5-9-21(3)4/h12H,5-9H2,1-4H3,(H,18,22). The first-order valence-corrected chi connectivity index (χ1v) is 8.99. The summed E-state index contributed by atoms with van der Waals surface area (Å²) >= 11 is 1.50. The molecule has 0 unspecified atom stereocenters. The van der Waals surface area contributed by atoms with Crippen molar-refractivity contribution in [2.75, 3.05) is 27.2 Å². The molecule has 0 radical (unpaired) electrons. The number of thiophene rings is 1. The van der Waals surface area contributed by atoms with Gasteiger partial charge in [0.15, 0.2) is 0 Å². The second kappa shape index (κ2) is 6.53. The third kappa shape index (κ3) is 3.53. The highest BCUT2D eigenvalue weighted by Crippen LogP contribution is 2.40. The Morgan fingerprint density at radius 2 is 2.04 bits per heavy atom. The number of carbonyl (C=O) groups is 1. The number of carbonyl (C=O) groups excluding carboxylic acids is 1. The van der Waals surface area contributed by atoms with Crippen LogP contribution in [0.15, 0.2) is 0 Å². The Labute approximate surface area is 141 Å². The van der Waals surface area contributed by atoms with Crippen LogP contribution in [0, 0.1) is 13.8 Å². The summed E-state index contributed by atoms with van der Waals surface area (Å²) in [6, 6.07) is 0. The van der Waals surface area contributed by atoms with E-state index >= 15 is 0 Å². The van der Waals surface area contributed by atoms with Crippen LogP contribution in [-0.2, 0) is 0 Å². The molecule has 2 aromatic heterocycles. The molecule has 2 aromatic rings. The Morgan fingerprint density at radius 3 is 2.70 bits per heavy atom. The molecule has 1 fully saturated rings.